The maximum atomic E-state index is 10.8. The van der Waals surface area contributed by atoms with Gasteiger partial charge in [0, 0.05) is 35.1 Å². The number of aryl methyl sites for hydroxylation is 2. The van der Waals surface area contributed by atoms with Crippen LogP contribution in [0, 0.1) is 10.1 Å². The van der Waals surface area contributed by atoms with Gasteiger partial charge in [0.1, 0.15) is 0 Å². The molecule has 1 aromatic carbocycles. The van der Waals surface area contributed by atoms with E-state index < -0.39 is 0 Å². The molecule has 2 aromatic heterocycles. The van der Waals surface area contributed by atoms with Gasteiger partial charge in [0.25, 0.3) is 5.69 Å². The standard InChI is InChI=1S/C14H12N2O2S/c17-16(18)12-4-3-11-5-7-15(14(11)10-12)8-6-13-2-1-9-19-13/h1-5,7,9-10H,6,8H2. The van der Waals surface area contributed by atoms with Gasteiger partial charge in [-0.3, -0.25) is 10.1 Å². The van der Waals surface area contributed by atoms with E-state index in [-0.39, 0.29) is 10.6 Å². The Morgan fingerprint density at radius 1 is 1.26 bits per heavy atom. The van der Waals surface area contributed by atoms with Crippen molar-refractivity contribution in [3.05, 3.63) is 63.0 Å². The zero-order valence-corrected chi connectivity index (χ0v) is 11.0. The summed E-state index contributed by atoms with van der Waals surface area (Å²) in [5.74, 6) is 0. The third-order valence-electron chi connectivity index (χ3n) is 3.15. The van der Waals surface area contributed by atoms with E-state index in [0.29, 0.717) is 0 Å². The molecule has 3 aromatic rings. The molecule has 0 aliphatic carbocycles. The van der Waals surface area contributed by atoms with Crippen molar-refractivity contribution in [3.8, 4) is 0 Å². The summed E-state index contributed by atoms with van der Waals surface area (Å²) in [7, 11) is 0. The van der Waals surface area contributed by atoms with Crippen LogP contribution in [0.3, 0.4) is 0 Å². The summed E-state index contributed by atoms with van der Waals surface area (Å²) in [6.45, 7) is 0.838. The van der Waals surface area contributed by atoms with Crippen molar-refractivity contribution in [3.63, 3.8) is 0 Å². The van der Waals surface area contributed by atoms with Crippen molar-refractivity contribution in [2.45, 2.75) is 13.0 Å². The van der Waals surface area contributed by atoms with E-state index in [9.17, 15) is 10.1 Å². The second-order valence-corrected chi connectivity index (χ2v) is 5.37. The quantitative estimate of drug-likeness (QED) is 0.535. The molecule has 0 radical (unpaired) electrons. The number of fused-ring (bicyclic) bond motifs is 1. The average molecular weight is 272 g/mol. The number of nitro groups is 1. The second-order valence-electron chi connectivity index (χ2n) is 4.34. The minimum Gasteiger partial charge on any atom is -0.347 e. The van der Waals surface area contributed by atoms with Crippen LogP contribution in [0.1, 0.15) is 4.88 Å². The highest BCUT2D eigenvalue weighted by Crippen LogP contribution is 2.22. The van der Waals surface area contributed by atoms with Crippen molar-refractivity contribution in [1.29, 1.82) is 0 Å². The number of rotatable bonds is 4. The van der Waals surface area contributed by atoms with Crippen molar-refractivity contribution in [2.24, 2.45) is 0 Å². The van der Waals surface area contributed by atoms with Crippen LogP contribution in [-0.4, -0.2) is 9.49 Å². The van der Waals surface area contributed by atoms with Crippen LogP contribution in [0.4, 0.5) is 5.69 Å². The first-order valence-corrected chi connectivity index (χ1v) is 6.88. The van der Waals surface area contributed by atoms with Crippen molar-refractivity contribution in [1.82, 2.24) is 4.57 Å². The molecule has 0 aliphatic rings. The fraction of sp³-hybridized carbons (Fsp3) is 0.143. The molecule has 0 bridgehead atoms. The first kappa shape index (κ1) is 11.9. The van der Waals surface area contributed by atoms with Gasteiger partial charge in [-0.05, 0) is 30.0 Å². The first-order valence-electron chi connectivity index (χ1n) is 6.00. The van der Waals surface area contributed by atoms with E-state index in [1.165, 1.54) is 4.88 Å². The molecule has 0 unspecified atom stereocenters. The predicted molar refractivity (Wildman–Crippen MR) is 76.6 cm³/mol. The third kappa shape index (κ3) is 2.37. The van der Waals surface area contributed by atoms with Crippen LogP contribution in [0.15, 0.2) is 48.0 Å². The molecule has 2 heterocycles. The number of nitro benzene ring substituents is 1. The number of nitrogens with zero attached hydrogens (tertiary/aromatic N) is 2. The van der Waals surface area contributed by atoms with Gasteiger partial charge in [0.15, 0.2) is 0 Å². The normalized spacial score (nSPS) is 10.9. The van der Waals surface area contributed by atoms with Crippen molar-refractivity contribution < 1.29 is 4.92 Å². The van der Waals surface area contributed by atoms with E-state index in [2.05, 4.69) is 16.0 Å². The van der Waals surface area contributed by atoms with Crippen LogP contribution in [0.2, 0.25) is 0 Å². The van der Waals surface area contributed by atoms with Gasteiger partial charge in [0.05, 0.1) is 10.4 Å². The van der Waals surface area contributed by atoms with E-state index in [0.717, 1.165) is 23.9 Å². The van der Waals surface area contributed by atoms with Crippen LogP contribution in [-0.2, 0) is 13.0 Å². The van der Waals surface area contributed by atoms with E-state index in [4.69, 9.17) is 0 Å². The zero-order chi connectivity index (χ0) is 13.2. The van der Waals surface area contributed by atoms with Gasteiger partial charge in [-0.1, -0.05) is 6.07 Å². The minimum atomic E-state index is -0.351. The van der Waals surface area contributed by atoms with Crippen LogP contribution in [0.5, 0.6) is 0 Å². The Hall–Kier alpha value is -2.14. The lowest BCUT2D eigenvalue weighted by Crippen LogP contribution is -1.98. The molecule has 0 spiro atoms. The topological polar surface area (TPSA) is 48.1 Å². The maximum Gasteiger partial charge on any atom is 0.271 e. The molecule has 5 heteroatoms. The largest absolute Gasteiger partial charge is 0.347 e. The van der Waals surface area contributed by atoms with Gasteiger partial charge < -0.3 is 4.57 Å². The molecule has 0 aliphatic heterocycles. The summed E-state index contributed by atoms with van der Waals surface area (Å²) in [5, 5.41) is 13.9. The number of thiophene rings is 1. The highest BCUT2D eigenvalue weighted by atomic mass is 32.1. The Kier molecular flexibility index (Phi) is 3.05. The Bertz CT molecular complexity index is 716. The fourth-order valence-corrected chi connectivity index (χ4v) is 2.86. The Labute approximate surface area is 114 Å². The molecule has 96 valence electrons. The molecule has 0 amide bonds. The second kappa shape index (κ2) is 4.85. The van der Waals surface area contributed by atoms with Gasteiger partial charge in [-0.15, -0.1) is 11.3 Å². The van der Waals surface area contributed by atoms with Gasteiger partial charge >= 0.3 is 0 Å². The summed E-state index contributed by atoms with van der Waals surface area (Å²) in [5.41, 5.74) is 1.06. The van der Waals surface area contributed by atoms with Gasteiger partial charge in [0.2, 0.25) is 0 Å². The van der Waals surface area contributed by atoms with Crippen LogP contribution < -0.4 is 0 Å². The number of non-ortho nitro benzene ring substituents is 1. The molecule has 0 N–H and O–H groups in total. The molecular formula is C14H12N2O2S. The van der Waals surface area contributed by atoms with Gasteiger partial charge in [-0.2, -0.15) is 0 Å². The highest BCUT2D eigenvalue weighted by molar-refractivity contribution is 7.09. The molecule has 0 saturated carbocycles. The molecule has 0 atom stereocenters. The van der Waals surface area contributed by atoms with Gasteiger partial charge in [-0.25, -0.2) is 0 Å². The molecule has 0 fully saturated rings. The summed E-state index contributed by atoms with van der Waals surface area (Å²) >= 11 is 1.74. The summed E-state index contributed by atoms with van der Waals surface area (Å²) < 4.78 is 2.07. The predicted octanol–water partition coefficient (Wildman–Crippen LogP) is 3.85. The Balaban J connectivity index is 1.90. The van der Waals surface area contributed by atoms with Crippen molar-refractivity contribution >= 4 is 27.9 Å². The SMILES string of the molecule is O=[N+]([O-])c1ccc2ccn(CCc3cccs3)c2c1. The Morgan fingerprint density at radius 3 is 2.89 bits per heavy atom. The Morgan fingerprint density at radius 2 is 2.16 bits per heavy atom. The van der Waals surface area contributed by atoms with Crippen molar-refractivity contribution in [2.75, 3.05) is 0 Å². The number of aromatic nitrogens is 1. The molecule has 3 rings (SSSR count). The summed E-state index contributed by atoms with van der Waals surface area (Å²) in [4.78, 5) is 11.8. The van der Waals surface area contributed by atoms with E-state index in [1.807, 2.05) is 18.3 Å². The molecule has 4 nitrogen and oxygen atoms in total. The molecule has 19 heavy (non-hydrogen) atoms. The van der Waals surface area contributed by atoms with Crippen LogP contribution >= 0.6 is 11.3 Å². The lowest BCUT2D eigenvalue weighted by Gasteiger charge is -2.04. The van der Waals surface area contributed by atoms with Crippen LogP contribution in [0.25, 0.3) is 10.9 Å². The third-order valence-corrected chi connectivity index (χ3v) is 4.08. The maximum absolute atomic E-state index is 10.8. The summed E-state index contributed by atoms with van der Waals surface area (Å²) in [6, 6.07) is 11.1. The van der Waals surface area contributed by atoms with E-state index >= 15 is 0 Å². The summed E-state index contributed by atoms with van der Waals surface area (Å²) in [6.07, 6.45) is 2.94. The smallest absolute Gasteiger partial charge is 0.271 e. The van der Waals surface area contributed by atoms with E-state index in [1.54, 1.807) is 29.5 Å². The lowest BCUT2D eigenvalue weighted by molar-refractivity contribution is -0.384. The monoisotopic (exact) mass is 272 g/mol. The zero-order valence-electron chi connectivity index (χ0n) is 10.2. The number of benzene rings is 1. The fourth-order valence-electron chi connectivity index (χ4n) is 2.17. The average Bonchev–Trinajstić information content (AvgIpc) is 3.05. The highest BCUT2D eigenvalue weighted by Gasteiger charge is 2.09. The lowest BCUT2D eigenvalue weighted by atomic mass is 10.2. The minimum absolute atomic E-state index is 0.142. The number of hydrogen-bond donors (Lipinski definition) is 0. The molecular weight excluding hydrogens is 260 g/mol. The number of hydrogen-bond acceptors (Lipinski definition) is 3. The first-order chi connectivity index (χ1) is 9.24. The molecule has 0 saturated heterocycles.